The molecule has 1 heterocycles. The van der Waals surface area contributed by atoms with E-state index in [2.05, 4.69) is 9.97 Å². The van der Waals surface area contributed by atoms with Gasteiger partial charge in [-0.15, -0.1) is 0 Å². The van der Waals surface area contributed by atoms with Gasteiger partial charge < -0.3 is 4.98 Å². The lowest BCUT2D eigenvalue weighted by Gasteiger charge is -2.20. The van der Waals surface area contributed by atoms with Crippen molar-refractivity contribution < 1.29 is 8.42 Å². The molecule has 2 rings (SSSR count). The standard InChI is InChI=1S/C14H16ClN3O3S/c1-3-18(9-13-16-10(2)8-14(19)17-13)22(20,21)12-6-4-11(15)5-7-12/h4-8H,3,9H2,1-2H3,(H,16,17,19). The first kappa shape index (κ1) is 16.7. The second-order valence-electron chi connectivity index (χ2n) is 4.72. The lowest BCUT2D eigenvalue weighted by atomic mass is 10.4. The van der Waals surface area contributed by atoms with Crippen molar-refractivity contribution in [3.8, 4) is 0 Å². The lowest BCUT2D eigenvalue weighted by molar-refractivity contribution is 0.413. The minimum absolute atomic E-state index is 0.00161. The number of rotatable bonds is 5. The van der Waals surface area contributed by atoms with Crippen LogP contribution in [0.1, 0.15) is 18.4 Å². The summed E-state index contributed by atoms with van der Waals surface area (Å²) >= 11 is 5.78. The number of sulfonamides is 1. The third-order valence-corrected chi connectivity index (χ3v) is 5.24. The first-order valence-electron chi connectivity index (χ1n) is 6.65. The first-order valence-corrected chi connectivity index (χ1v) is 8.47. The molecule has 0 aliphatic carbocycles. The van der Waals surface area contributed by atoms with Gasteiger partial charge in [0.05, 0.1) is 11.4 Å². The summed E-state index contributed by atoms with van der Waals surface area (Å²) in [5, 5.41) is 0.465. The maximum absolute atomic E-state index is 12.6. The Morgan fingerprint density at radius 3 is 2.45 bits per heavy atom. The van der Waals surface area contributed by atoms with E-state index in [1.165, 1.54) is 34.6 Å². The lowest BCUT2D eigenvalue weighted by Crippen LogP contribution is -2.32. The monoisotopic (exact) mass is 341 g/mol. The van der Waals surface area contributed by atoms with Gasteiger partial charge in [0.15, 0.2) is 0 Å². The van der Waals surface area contributed by atoms with Crippen molar-refractivity contribution in [1.29, 1.82) is 0 Å². The fourth-order valence-corrected chi connectivity index (χ4v) is 3.54. The fourth-order valence-electron chi connectivity index (χ4n) is 2.01. The molecule has 0 radical (unpaired) electrons. The minimum Gasteiger partial charge on any atom is -0.309 e. The summed E-state index contributed by atoms with van der Waals surface area (Å²) in [4.78, 5) is 18.3. The number of hydrogen-bond donors (Lipinski definition) is 1. The van der Waals surface area contributed by atoms with Crippen LogP contribution in [0.15, 0.2) is 40.0 Å². The Bertz CT molecular complexity index is 816. The zero-order valence-corrected chi connectivity index (χ0v) is 13.8. The summed E-state index contributed by atoms with van der Waals surface area (Å²) in [5.74, 6) is 0.310. The maximum atomic E-state index is 12.6. The Kier molecular flexibility index (Phi) is 5.00. The largest absolute Gasteiger partial charge is 0.309 e. The molecule has 118 valence electrons. The van der Waals surface area contributed by atoms with Crippen molar-refractivity contribution in [3.05, 3.63) is 57.2 Å². The van der Waals surface area contributed by atoms with Gasteiger partial charge in [0.1, 0.15) is 5.82 Å². The van der Waals surface area contributed by atoms with Gasteiger partial charge in [-0.25, -0.2) is 13.4 Å². The van der Waals surface area contributed by atoms with Gasteiger partial charge in [-0.3, -0.25) is 4.79 Å². The third-order valence-electron chi connectivity index (χ3n) is 3.05. The number of H-pyrrole nitrogens is 1. The van der Waals surface area contributed by atoms with Gasteiger partial charge >= 0.3 is 0 Å². The van der Waals surface area contributed by atoms with Crippen molar-refractivity contribution in [3.63, 3.8) is 0 Å². The average Bonchev–Trinajstić information content (AvgIpc) is 2.44. The number of nitrogens with zero attached hydrogens (tertiary/aromatic N) is 2. The van der Waals surface area contributed by atoms with Crippen LogP contribution in [-0.4, -0.2) is 29.2 Å². The first-order chi connectivity index (χ1) is 10.3. The summed E-state index contributed by atoms with van der Waals surface area (Å²) in [6, 6.07) is 7.30. The van der Waals surface area contributed by atoms with Gasteiger partial charge in [0.25, 0.3) is 5.56 Å². The topological polar surface area (TPSA) is 83.1 Å². The smallest absolute Gasteiger partial charge is 0.251 e. The highest BCUT2D eigenvalue weighted by atomic mass is 35.5. The molecule has 1 aromatic carbocycles. The maximum Gasteiger partial charge on any atom is 0.251 e. The zero-order valence-electron chi connectivity index (χ0n) is 12.2. The molecule has 6 nitrogen and oxygen atoms in total. The molecule has 1 N–H and O–H groups in total. The predicted octanol–water partition coefficient (Wildman–Crippen LogP) is 1.94. The quantitative estimate of drug-likeness (QED) is 0.900. The Morgan fingerprint density at radius 1 is 1.27 bits per heavy atom. The SMILES string of the molecule is CCN(Cc1nc(C)cc(=O)[nH]1)S(=O)(=O)c1ccc(Cl)cc1. The molecule has 0 saturated heterocycles. The third kappa shape index (κ3) is 3.73. The second kappa shape index (κ2) is 6.60. The zero-order chi connectivity index (χ0) is 16.3. The van der Waals surface area contributed by atoms with E-state index in [0.29, 0.717) is 16.5 Å². The van der Waals surface area contributed by atoms with Gasteiger partial charge in [-0.2, -0.15) is 4.31 Å². The van der Waals surface area contributed by atoms with E-state index < -0.39 is 10.0 Å². The molecule has 1 aromatic heterocycles. The molecular weight excluding hydrogens is 326 g/mol. The molecule has 0 fully saturated rings. The number of halogens is 1. The summed E-state index contributed by atoms with van der Waals surface area (Å²) < 4.78 is 26.5. The average molecular weight is 342 g/mol. The summed E-state index contributed by atoms with van der Waals surface area (Å²) in [5.41, 5.74) is 0.237. The summed E-state index contributed by atoms with van der Waals surface area (Å²) in [7, 11) is -3.68. The van der Waals surface area contributed by atoms with Gasteiger partial charge in [0.2, 0.25) is 10.0 Å². The van der Waals surface area contributed by atoms with E-state index >= 15 is 0 Å². The van der Waals surface area contributed by atoms with Crippen LogP contribution in [0.25, 0.3) is 0 Å². The Balaban J connectivity index is 2.34. The van der Waals surface area contributed by atoms with Crippen LogP contribution < -0.4 is 5.56 Å². The normalized spacial score (nSPS) is 11.8. The van der Waals surface area contributed by atoms with E-state index in [1.54, 1.807) is 13.8 Å². The van der Waals surface area contributed by atoms with Crippen LogP contribution in [0.5, 0.6) is 0 Å². The molecule has 22 heavy (non-hydrogen) atoms. The molecule has 0 aliphatic heterocycles. The minimum atomic E-state index is -3.68. The molecular formula is C14H16ClN3O3S. The van der Waals surface area contributed by atoms with Crippen LogP contribution in [0.3, 0.4) is 0 Å². The highest BCUT2D eigenvalue weighted by Crippen LogP contribution is 2.19. The number of nitrogens with one attached hydrogen (secondary N) is 1. The highest BCUT2D eigenvalue weighted by Gasteiger charge is 2.24. The van der Waals surface area contributed by atoms with E-state index in [0.717, 1.165) is 0 Å². The predicted molar refractivity (Wildman–Crippen MR) is 84.3 cm³/mol. The second-order valence-corrected chi connectivity index (χ2v) is 7.09. The highest BCUT2D eigenvalue weighted by molar-refractivity contribution is 7.89. The molecule has 0 saturated carbocycles. The molecule has 0 aliphatic rings. The molecule has 8 heteroatoms. The molecule has 0 unspecified atom stereocenters. The van der Waals surface area contributed by atoms with Crippen molar-refractivity contribution in [2.24, 2.45) is 0 Å². The molecule has 0 spiro atoms. The van der Waals surface area contributed by atoms with E-state index in [9.17, 15) is 13.2 Å². The van der Waals surface area contributed by atoms with Crippen molar-refractivity contribution in [2.45, 2.75) is 25.3 Å². The number of benzene rings is 1. The summed E-state index contributed by atoms with van der Waals surface area (Å²) in [6.07, 6.45) is 0. The van der Waals surface area contributed by atoms with Gasteiger partial charge in [-0.05, 0) is 31.2 Å². The van der Waals surface area contributed by atoms with Crippen molar-refractivity contribution in [1.82, 2.24) is 14.3 Å². The molecule has 0 amide bonds. The number of aromatic nitrogens is 2. The van der Waals surface area contributed by atoms with Gasteiger partial charge in [-0.1, -0.05) is 18.5 Å². The van der Waals surface area contributed by atoms with Crippen LogP contribution >= 0.6 is 11.6 Å². The number of aryl methyl sites for hydroxylation is 1. The van der Waals surface area contributed by atoms with Crippen LogP contribution in [-0.2, 0) is 16.6 Å². The molecule has 0 atom stereocenters. The number of aromatic amines is 1. The summed E-state index contributed by atoms with van der Waals surface area (Å²) in [6.45, 7) is 3.66. The Labute approximate surface area is 133 Å². The van der Waals surface area contributed by atoms with E-state index in [4.69, 9.17) is 11.6 Å². The van der Waals surface area contributed by atoms with Crippen LogP contribution in [0, 0.1) is 6.92 Å². The Morgan fingerprint density at radius 2 is 1.91 bits per heavy atom. The van der Waals surface area contributed by atoms with Gasteiger partial charge in [0, 0.05) is 23.3 Å². The van der Waals surface area contributed by atoms with Crippen LogP contribution in [0.2, 0.25) is 5.02 Å². The van der Waals surface area contributed by atoms with E-state index in [-0.39, 0.29) is 23.5 Å². The Hall–Kier alpha value is -1.70. The fraction of sp³-hybridized carbons (Fsp3) is 0.286. The van der Waals surface area contributed by atoms with Crippen LogP contribution in [0.4, 0.5) is 0 Å². The molecule has 2 aromatic rings. The molecule has 0 bridgehead atoms. The van der Waals surface area contributed by atoms with Crippen molar-refractivity contribution in [2.75, 3.05) is 6.54 Å². The van der Waals surface area contributed by atoms with E-state index in [1.807, 2.05) is 0 Å². The number of hydrogen-bond acceptors (Lipinski definition) is 4. The van der Waals surface area contributed by atoms with Crippen molar-refractivity contribution >= 4 is 21.6 Å².